The Hall–Kier alpha value is -2.07. The largest absolute Gasteiger partial charge is 0.355 e. The second-order valence-corrected chi connectivity index (χ2v) is 7.59. The lowest BCUT2D eigenvalue weighted by Gasteiger charge is -2.48. The molecule has 5 rings (SSSR count). The Morgan fingerprint density at radius 2 is 2.08 bits per heavy atom. The molecular weight excluding hydrogens is 298 g/mol. The quantitative estimate of drug-likeness (QED) is 0.787. The van der Waals surface area contributed by atoms with Crippen molar-refractivity contribution >= 4 is 5.91 Å². The van der Waals surface area contributed by atoms with E-state index in [1.807, 2.05) is 0 Å². The Balaban J connectivity index is 1.72. The fourth-order valence-electron chi connectivity index (χ4n) is 5.20. The van der Waals surface area contributed by atoms with E-state index in [1.165, 1.54) is 16.8 Å². The van der Waals surface area contributed by atoms with Crippen LogP contribution < -0.4 is 5.32 Å². The molecule has 1 aromatic carbocycles. The molecule has 4 nitrogen and oxygen atoms in total. The van der Waals surface area contributed by atoms with Crippen molar-refractivity contribution in [3.05, 3.63) is 59.3 Å². The van der Waals surface area contributed by atoms with Gasteiger partial charge in [0.2, 0.25) is 5.91 Å². The normalized spacial score (nSPS) is 34.5. The van der Waals surface area contributed by atoms with Crippen molar-refractivity contribution in [3.63, 3.8) is 0 Å². The van der Waals surface area contributed by atoms with Gasteiger partial charge in [-0.3, -0.25) is 4.79 Å². The zero-order chi connectivity index (χ0) is 16.3. The van der Waals surface area contributed by atoms with Gasteiger partial charge in [-0.1, -0.05) is 36.4 Å². The van der Waals surface area contributed by atoms with Crippen molar-refractivity contribution in [2.45, 2.75) is 24.4 Å². The molecule has 0 bridgehead atoms. The van der Waals surface area contributed by atoms with Crippen LogP contribution in [0, 0.1) is 5.92 Å². The van der Waals surface area contributed by atoms with E-state index >= 15 is 0 Å². The molecule has 0 aromatic heterocycles. The molecule has 1 amide bonds. The van der Waals surface area contributed by atoms with Crippen molar-refractivity contribution in [2.24, 2.45) is 5.92 Å². The molecule has 4 aliphatic heterocycles. The molecule has 1 aromatic rings. The minimum Gasteiger partial charge on any atom is -0.355 e. The molecule has 4 unspecified atom stereocenters. The number of nitrogens with zero attached hydrogens (tertiary/aromatic N) is 2. The highest BCUT2D eigenvalue weighted by atomic mass is 16.2. The molecule has 0 radical (unpaired) electrons. The Morgan fingerprint density at radius 1 is 1.21 bits per heavy atom. The van der Waals surface area contributed by atoms with E-state index in [1.54, 1.807) is 0 Å². The average molecular weight is 321 g/mol. The van der Waals surface area contributed by atoms with Crippen LogP contribution in [0.25, 0.3) is 0 Å². The minimum absolute atomic E-state index is 0.151. The number of amides is 1. The Labute approximate surface area is 142 Å². The third kappa shape index (κ3) is 1.99. The van der Waals surface area contributed by atoms with Gasteiger partial charge in [-0.15, -0.1) is 0 Å². The number of hydrogen-bond donors (Lipinski definition) is 1. The lowest BCUT2D eigenvalue weighted by atomic mass is 9.78. The van der Waals surface area contributed by atoms with Crippen LogP contribution in [0.4, 0.5) is 0 Å². The summed E-state index contributed by atoms with van der Waals surface area (Å²) in [7, 11) is 2.21. The smallest absolute Gasteiger partial charge is 0.246 e. The van der Waals surface area contributed by atoms with Crippen molar-refractivity contribution in [2.75, 3.05) is 26.7 Å². The Bertz CT molecular complexity index is 753. The van der Waals surface area contributed by atoms with Gasteiger partial charge in [0, 0.05) is 49.6 Å². The number of carbonyl (C=O) groups excluding carboxylic acids is 1. The summed E-state index contributed by atoms with van der Waals surface area (Å²) in [6.45, 7) is 2.89. The first kappa shape index (κ1) is 14.3. The number of allylic oxidation sites excluding steroid dienone is 3. The molecule has 4 heterocycles. The molecule has 24 heavy (non-hydrogen) atoms. The highest BCUT2D eigenvalue weighted by molar-refractivity contribution is 5.85. The summed E-state index contributed by atoms with van der Waals surface area (Å²) in [6, 6.07) is 9.11. The summed E-state index contributed by atoms with van der Waals surface area (Å²) < 4.78 is 0. The van der Waals surface area contributed by atoms with Gasteiger partial charge in [-0.25, -0.2) is 0 Å². The van der Waals surface area contributed by atoms with E-state index in [9.17, 15) is 4.79 Å². The van der Waals surface area contributed by atoms with Gasteiger partial charge < -0.3 is 15.1 Å². The van der Waals surface area contributed by atoms with Gasteiger partial charge in [-0.2, -0.15) is 0 Å². The fraction of sp³-hybridized carbons (Fsp3) is 0.450. The van der Waals surface area contributed by atoms with Crippen LogP contribution in [0.1, 0.15) is 17.0 Å². The van der Waals surface area contributed by atoms with Crippen molar-refractivity contribution in [3.8, 4) is 0 Å². The molecule has 1 N–H and O–H groups in total. The average Bonchev–Trinajstić information content (AvgIpc) is 2.82. The molecule has 0 spiro atoms. The molecule has 124 valence electrons. The summed E-state index contributed by atoms with van der Waals surface area (Å²) in [6.07, 6.45) is 7.26. The number of hydrogen-bond acceptors (Lipinski definition) is 3. The van der Waals surface area contributed by atoms with Crippen LogP contribution in [-0.2, 0) is 11.2 Å². The fourth-order valence-corrected chi connectivity index (χ4v) is 5.20. The number of nitrogens with one attached hydrogen (secondary N) is 1. The maximum atomic E-state index is 12.7. The molecule has 0 saturated carbocycles. The first-order valence-corrected chi connectivity index (χ1v) is 8.92. The van der Waals surface area contributed by atoms with Crippen LogP contribution in [-0.4, -0.2) is 54.5 Å². The minimum atomic E-state index is -0.153. The predicted octanol–water partition coefficient (Wildman–Crippen LogP) is 1.51. The van der Waals surface area contributed by atoms with Gasteiger partial charge in [-0.05, 0) is 24.3 Å². The van der Waals surface area contributed by atoms with Gasteiger partial charge in [0.1, 0.15) is 6.04 Å². The van der Waals surface area contributed by atoms with Crippen molar-refractivity contribution in [1.29, 1.82) is 0 Å². The zero-order valence-corrected chi connectivity index (χ0v) is 14.0. The van der Waals surface area contributed by atoms with Gasteiger partial charge in [0.25, 0.3) is 0 Å². The molecule has 0 aliphatic carbocycles. The first-order valence-electron chi connectivity index (χ1n) is 8.92. The Morgan fingerprint density at radius 3 is 3.00 bits per heavy atom. The maximum Gasteiger partial charge on any atom is 0.246 e. The summed E-state index contributed by atoms with van der Waals surface area (Å²) >= 11 is 0. The van der Waals surface area contributed by atoms with E-state index in [4.69, 9.17) is 0 Å². The van der Waals surface area contributed by atoms with E-state index in [0.29, 0.717) is 17.9 Å². The van der Waals surface area contributed by atoms with E-state index in [-0.39, 0.29) is 11.9 Å². The summed E-state index contributed by atoms with van der Waals surface area (Å²) in [4.78, 5) is 17.6. The molecule has 2 fully saturated rings. The molecule has 4 heteroatoms. The lowest BCUT2D eigenvalue weighted by molar-refractivity contribution is -0.124. The summed E-state index contributed by atoms with van der Waals surface area (Å²) in [5.74, 6) is 1.07. The third-order valence-corrected chi connectivity index (χ3v) is 6.12. The highest BCUT2D eigenvalue weighted by Gasteiger charge is 2.48. The number of likely N-dealkylation sites (N-methyl/N-ethyl adjacent to an activating group) is 1. The predicted molar refractivity (Wildman–Crippen MR) is 93.5 cm³/mol. The van der Waals surface area contributed by atoms with Crippen LogP contribution in [0.2, 0.25) is 0 Å². The van der Waals surface area contributed by atoms with Gasteiger partial charge in [0.15, 0.2) is 0 Å². The standard InChI is InChI=1S/C20H23N3O/c1-22-11-14-10-21-20(24)18-8-4-6-15-9-13-5-2-3-7-16(13)17(12-22)19(14)23(15)18/h2-8,14,17-19H,9-12H2,1H3,(H,21,24). The van der Waals surface area contributed by atoms with E-state index < -0.39 is 0 Å². The second-order valence-electron chi connectivity index (χ2n) is 7.59. The highest BCUT2D eigenvalue weighted by Crippen LogP contribution is 2.43. The van der Waals surface area contributed by atoms with Gasteiger partial charge >= 0.3 is 0 Å². The first-order chi connectivity index (χ1) is 11.7. The Kier molecular flexibility index (Phi) is 3.10. The number of benzene rings is 1. The van der Waals surface area contributed by atoms with E-state index in [0.717, 1.165) is 26.1 Å². The monoisotopic (exact) mass is 321 g/mol. The number of carbonyl (C=O) groups is 1. The maximum absolute atomic E-state index is 12.7. The van der Waals surface area contributed by atoms with Crippen molar-refractivity contribution < 1.29 is 4.79 Å². The van der Waals surface area contributed by atoms with Crippen LogP contribution in [0.15, 0.2) is 48.2 Å². The molecule has 4 aliphatic rings. The third-order valence-electron chi connectivity index (χ3n) is 6.12. The van der Waals surface area contributed by atoms with Crippen LogP contribution in [0.3, 0.4) is 0 Å². The number of piperidine rings is 1. The number of fused-ring (bicyclic) bond motifs is 2. The number of rotatable bonds is 0. The SMILES string of the molecule is CN1CC2CNC(=O)C3C=CC=C4Cc5ccccc5C(C1)C2N43. The second kappa shape index (κ2) is 5.21. The molecule has 4 atom stereocenters. The summed E-state index contributed by atoms with van der Waals surface area (Å²) in [5.41, 5.74) is 4.20. The van der Waals surface area contributed by atoms with Crippen LogP contribution in [0.5, 0.6) is 0 Å². The zero-order valence-electron chi connectivity index (χ0n) is 14.0. The van der Waals surface area contributed by atoms with E-state index in [2.05, 4.69) is 64.7 Å². The molecular formula is C20H23N3O. The topological polar surface area (TPSA) is 35.6 Å². The molecule has 2 saturated heterocycles. The summed E-state index contributed by atoms with van der Waals surface area (Å²) in [5, 5.41) is 3.19. The number of likely N-dealkylation sites (tertiary alicyclic amines) is 1. The van der Waals surface area contributed by atoms with Crippen LogP contribution >= 0.6 is 0 Å². The lowest BCUT2D eigenvalue weighted by Crippen LogP contribution is -2.56. The van der Waals surface area contributed by atoms with Gasteiger partial charge in [0.05, 0.1) is 0 Å². The van der Waals surface area contributed by atoms with Crippen molar-refractivity contribution in [1.82, 2.24) is 15.1 Å².